The average molecular weight is 467 g/mol. The van der Waals surface area contributed by atoms with Crippen molar-refractivity contribution in [2.75, 3.05) is 24.0 Å². The number of nitrogens with zero attached hydrogens (tertiary/aromatic N) is 1. The molecule has 3 aromatic carbocycles. The van der Waals surface area contributed by atoms with Gasteiger partial charge in [-0.3, -0.25) is 9.10 Å². The number of anilines is 1. The maximum Gasteiger partial charge on any atom is 0.264 e. The van der Waals surface area contributed by atoms with Crippen molar-refractivity contribution in [3.05, 3.63) is 83.9 Å². The number of carbonyl (C=O) groups excluding carboxylic acids is 1. The molecule has 0 spiro atoms. The Bertz CT molecular complexity index is 1220. The molecule has 1 aliphatic rings. The second-order valence-electron chi connectivity index (χ2n) is 7.97. The Labute approximate surface area is 194 Å². The van der Waals surface area contributed by atoms with Crippen LogP contribution in [0.1, 0.15) is 11.1 Å². The normalized spacial score (nSPS) is 15.0. The first-order chi connectivity index (χ1) is 15.8. The van der Waals surface area contributed by atoms with E-state index in [0.29, 0.717) is 23.8 Å². The lowest BCUT2D eigenvalue weighted by molar-refractivity contribution is -0.120. The fourth-order valence-corrected chi connectivity index (χ4v) is 5.13. The van der Waals surface area contributed by atoms with Gasteiger partial charge in [-0.15, -0.1) is 0 Å². The minimum Gasteiger partial charge on any atom is -0.486 e. The van der Waals surface area contributed by atoms with Gasteiger partial charge in [0.05, 0.1) is 17.1 Å². The molecule has 1 amide bonds. The van der Waals surface area contributed by atoms with Gasteiger partial charge in [-0.1, -0.05) is 36.4 Å². The number of nitrogens with one attached hydrogen (secondary N) is 1. The number of hydrogen-bond donors (Lipinski definition) is 1. The molecule has 0 bridgehead atoms. The highest BCUT2D eigenvalue weighted by Crippen LogP contribution is 2.30. The highest BCUT2D eigenvalue weighted by molar-refractivity contribution is 7.92. The predicted octanol–water partition coefficient (Wildman–Crippen LogP) is 3.45. The summed E-state index contributed by atoms with van der Waals surface area (Å²) in [5.74, 6) is 0.845. The summed E-state index contributed by atoms with van der Waals surface area (Å²) < 4.78 is 39.6. The van der Waals surface area contributed by atoms with E-state index in [9.17, 15) is 13.2 Å². The second-order valence-corrected chi connectivity index (χ2v) is 9.83. The van der Waals surface area contributed by atoms with Crippen LogP contribution in [0.5, 0.6) is 11.5 Å². The van der Waals surface area contributed by atoms with E-state index in [1.165, 1.54) is 12.1 Å². The molecule has 7 nitrogen and oxygen atoms in total. The maximum absolute atomic E-state index is 13.4. The molecule has 1 N–H and O–H groups in total. The van der Waals surface area contributed by atoms with Crippen LogP contribution in [0.2, 0.25) is 0 Å². The lowest BCUT2D eigenvalue weighted by Crippen LogP contribution is -2.45. The maximum atomic E-state index is 13.4. The molecule has 1 aliphatic heterocycles. The smallest absolute Gasteiger partial charge is 0.264 e. The van der Waals surface area contributed by atoms with E-state index in [4.69, 9.17) is 9.47 Å². The molecule has 0 fully saturated rings. The second kappa shape index (κ2) is 9.54. The Hall–Kier alpha value is -3.52. The number of fused-ring (bicyclic) bond motifs is 1. The minimum absolute atomic E-state index is 0.123. The quantitative estimate of drug-likeness (QED) is 0.577. The Morgan fingerprint density at radius 3 is 2.30 bits per heavy atom. The Balaban J connectivity index is 1.51. The zero-order valence-corrected chi connectivity index (χ0v) is 19.3. The molecule has 4 rings (SSSR count). The molecule has 0 aliphatic carbocycles. The summed E-state index contributed by atoms with van der Waals surface area (Å²) in [6.07, 6.45) is -0.371. The van der Waals surface area contributed by atoms with E-state index in [-0.39, 0.29) is 24.1 Å². The Kier molecular flexibility index (Phi) is 6.55. The monoisotopic (exact) mass is 466 g/mol. The van der Waals surface area contributed by atoms with Crippen LogP contribution in [0.25, 0.3) is 0 Å². The summed E-state index contributed by atoms with van der Waals surface area (Å²) in [5.41, 5.74) is 2.26. The minimum atomic E-state index is -3.95. The largest absolute Gasteiger partial charge is 0.486 e. The first-order valence-electron chi connectivity index (χ1n) is 10.6. The SMILES string of the molecule is Cc1cc(C)cc(N(CC(=O)NC[C@H]2COc3ccccc3O2)S(=O)(=O)c2ccccc2)c1. The lowest BCUT2D eigenvalue weighted by Gasteiger charge is -2.28. The fraction of sp³-hybridized carbons (Fsp3) is 0.240. The Morgan fingerprint density at radius 1 is 0.970 bits per heavy atom. The molecule has 1 heterocycles. The van der Waals surface area contributed by atoms with E-state index in [0.717, 1.165) is 15.4 Å². The third-order valence-electron chi connectivity index (χ3n) is 5.21. The number of rotatable bonds is 7. The molecular weight excluding hydrogens is 440 g/mol. The topological polar surface area (TPSA) is 84.9 Å². The van der Waals surface area contributed by atoms with Crippen molar-refractivity contribution < 1.29 is 22.7 Å². The summed E-state index contributed by atoms with van der Waals surface area (Å²) in [5, 5.41) is 2.79. The summed E-state index contributed by atoms with van der Waals surface area (Å²) in [7, 11) is -3.95. The summed E-state index contributed by atoms with van der Waals surface area (Å²) >= 11 is 0. The van der Waals surface area contributed by atoms with Gasteiger partial charge >= 0.3 is 0 Å². The van der Waals surface area contributed by atoms with Gasteiger partial charge in [0.2, 0.25) is 5.91 Å². The van der Waals surface area contributed by atoms with Crippen LogP contribution in [0.4, 0.5) is 5.69 Å². The van der Waals surface area contributed by atoms with Gasteiger partial charge < -0.3 is 14.8 Å². The molecule has 1 atom stereocenters. The highest BCUT2D eigenvalue weighted by Gasteiger charge is 2.28. The van der Waals surface area contributed by atoms with Crippen LogP contribution in [-0.4, -0.2) is 40.1 Å². The molecule has 0 saturated carbocycles. The van der Waals surface area contributed by atoms with Gasteiger partial charge in [0.1, 0.15) is 19.3 Å². The fourth-order valence-electron chi connectivity index (χ4n) is 3.71. The zero-order chi connectivity index (χ0) is 23.4. The first-order valence-corrected chi connectivity index (χ1v) is 12.1. The number of para-hydroxylation sites is 2. The van der Waals surface area contributed by atoms with Crippen molar-refractivity contribution >= 4 is 21.6 Å². The molecule has 33 heavy (non-hydrogen) atoms. The zero-order valence-electron chi connectivity index (χ0n) is 18.5. The number of carbonyl (C=O) groups is 1. The Morgan fingerprint density at radius 2 is 1.61 bits per heavy atom. The molecule has 3 aromatic rings. The number of amides is 1. The van der Waals surface area contributed by atoms with Crippen molar-refractivity contribution in [1.29, 1.82) is 0 Å². The van der Waals surface area contributed by atoms with Crippen LogP contribution in [0, 0.1) is 13.8 Å². The predicted molar refractivity (Wildman–Crippen MR) is 126 cm³/mol. The molecular formula is C25H26N2O5S. The molecule has 0 unspecified atom stereocenters. The van der Waals surface area contributed by atoms with Crippen molar-refractivity contribution in [3.8, 4) is 11.5 Å². The molecule has 0 radical (unpaired) electrons. The van der Waals surface area contributed by atoms with E-state index in [2.05, 4.69) is 5.32 Å². The van der Waals surface area contributed by atoms with Crippen LogP contribution in [0.3, 0.4) is 0 Å². The van der Waals surface area contributed by atoms with E-state index in [1.54, 1.807) is 36.4 Å². The van der Waals surface area contributed by atoms with Crippen molar-refractivity contribution in [1.82, 2.24) is 5.32 Å². The molecule has 8 heteroatoms. The van der Waals surface area contributed by atoms with Gasteiger partial charge in [0, 0.05) is 0 Å². The van der Waals surface area contributed by atoms with Crippen molar-refractivity contribution in [2.24, 2.45) is 0 Å². The van der Waals surface area contributed by atoms with Crippen LogP contribution < -0.4 is 19.1 Å². The molecule has 0 aromatic heterocycles. The summed E-state index contributed by atoms with van der Waals surface area (Å²) in [4.78, 5) is 13.0. The van der Waals surface area contributed by atoms with Gasteiger partial charge in [0.25, 0.3) is 10.0 Å². The van der Waals surface area contributed by atoms with Crippen molar-refractivity contribution in [3.63, 3.8) is 0 Å². The van der Waals surface area contributed by atoms with E-state index >= 15 is 0 Å². The number of ether oxygens (including phenoxy) is 2. The lowest BCUT2D eigenvalue weighted by atomic mass is 10.1. The van der Waals surface area contributed by atoms with E-state index < -0.39 is 15.9 Å². The van der Waals surface area contributed by atoms with Crippen LogP contribution in [-0.2, 0) is 14.8 Å². The number of aryl methyl sites for hydroxylation is 2. The van der Waals surface area contributed by atoms with E-state index in [1.807, 2.05) is 38.1 Å². The highest BCUT2D eigenvalue weighted by atomic mass is 32.2. The third-order valence-corrected chi connectivity index (χ3v) is 7.00. The first kappa shape index (κ1) is 22.7. The summed E-state index contributed by atoms with van der Waals surface area (Å²) in [6.45, 7) is 3.91. The van der Waals surface area contributed by atoms with Crippen LogP contribution in [0.15, 0.2) is 77.7 Å². The average Bonchev–Trinajstić information content (AvgIpc) is 2.81. The molecule has 0 saturated heterocycles. The standard InChI is InChI=1S/C25H26N2O5S/c1-18-12-19(2)14-20(13-18)27(33(29,30)22-8-4-3-5-9-22)16-25(28)26-15-21-17-31-23-10-6-7-11-24(23)32-21/h3-14,21H,15-17H2,1-2H3,(H,26,28)/t21-/m0/s1. The number of benzene rings is 3. The summed E-state index contributed by atoms with van der Waals surface area (Å²) in [6, 6.07) is 20.9. The van der Waals surface area contributed by atoms with Gasteiger partial charge in [0.15, 0.2) is 11.5 Å². The number of sulfonamides is 1. The van der Waals surface area contributed by atoms with Gasteiger partial charge in [-0.25, -0.2) is 8.42 Å². The van der Waals surface area contributed by atoms with Crippen molar-refractivity contribution in [2.45, 2.75) is 24.8 Å². The van der Waals surface area contributed by atoms with Gasteiger partial charge in [-0.2, -0.15) is 0 Å². The van der Waals surface area contributed by atoms with Gasteiger partial charge in [-0.05, 0) is 61.4 Å². The third kappa shape index (κ3) is 5.28. The number of hydrogen-bond acceptors (Lipinski definition) is 5. The molecule has 172 valence electrons. The van der Waals surface area contributed by atoms with Crippen LogP contribution >= 0.6 is 0 Å².